The van der Waals surface area contributed by atoms with E-state index in [0.29, 0.717) is 44.7 Å². The summed E-state index contributed by atoms with van der Waals surface area (Å²) in [4.78, 5) is 11.6. The lowest BCUT2D eigenvalue weighted by molar-refractivity contribution is 0.0180. The van der Waals surface area contributed by atoms with Crippen LogP contribution in [0.3, 0.4) is 0 Å². The van der Waals surface area contributed by atoms with Crippen molar-refractivity contribution in [3.05, 3.63) is 58.9 Å². The van der Waals surface area contributed by atoms with Gasteiger partial charge in [-0.15, -0.1) is 0 Å². The second-order valence-electron chi connectivity index (χ2n) is 10.1. The molecule has 2 aliphatic heterocycles. The summed E-state index contributed by atoms with van der Waals surface area (Å²) in [5.74, 6) is -1.36. The fraction of sp³-hybridized carbons (Fsp3) is 0.500. The van der Waals surface area contributed by atoms with Crippen LogP contribution in [0.5, 0.6) is 5.75 Å². The number of ether oxygens (including phenoxy) is 1. The number of benzene rings is 1. The predicted molar refractivity (Wildman–Crippen MR) is 126 cm³/mol. The van der Waals surface area contributed by atoms with Gasteiger partial charge in [0.1, 0.15) is 29.2 Å². The third kappa shape index (κ3) is 4.89. The number of H-pyrrole nitrogens is 1. The zero-order chi connectivity index (χ0) is 24.7. The summed E-state index contributed by atoms with van der Waals surface area (Å²) in [6.45, 7) is 4.86. The SMILES string of the molecule is CC(C)(F)CN1CCc2c([nH]c3cccnc23)C1c1c(F)cc(OC2CN(CCCF)C2)cc1F. The van der Waals surface area contributed by atoms with Crippen molar-refractivity contribution in [1.82, 2.24) is 19.8 Å². The van der Waals surface area contributed by atoms with E-state index in [1.165, 1.54) is 26.0 Å². The van der Waals surface area contributed by atoms with Crippen molar-refractivity contribution in [2.24, 2.45) is 0 Å². The second kappa shape index (κ2) is 9.43. The molecule has 2 aliphatic rings. The van der Waals surface area contributed by atoms with Crippen LogP contribution in [0.1, 0.15) is 43.1 Å². The molecule has 0 bridgehead atoms. The van der Waals surface area contributed by atoms with E-state index in [9.17, 15) is 8.78 Å². The molecule has 1 N–H and O–H groups in total. The summed E-state index contributed by atoms with van der Waals surface area (Å²) in [6, 6.07) is 5.26. The summed E-state index contributed by atoms with van der Waals surface area (Å²) in [5.41, 5.74) is 1.42. The van der Waals surface area contributed by atoms with Gasteiger partial charge in [0.15, 0.2) is 0 Å². The highest BCUT2D eigenvalue weighted by Crippen LogP contribution is 2.41. The van der Waals surface area contributed by atoms with Crippen molar-refractivity contribution in [3.8, 4) is 5.75 Å². The molecule has 4 heterocycles. The van der Waals surface area contributed by atoms with Crippen LogP contribution in [0.15, 0.2) is 30.5 Å². The van der Waals surface area contributed by atoms with Crippen molar-refractivity contribution in [3.63, 3.8) is 0 Å². The van der Waals surface area contributed by atoms with E-state index in [1.54, 1.807) is 17.2 Å². The summed E-state index contributed by atoms with van der Waals surface area (Å²) >= 11 is 0. The number of pyridine rings is 1. The number of nitrogens with one attached hydrogen (secondary N) is 1. The largest absolute Gasteiger partial charge is 0.488 e. The maximum Gasteiger partial charge on any atom is 0.135 e. The monoisotopic (exact) mass is 490 g/mol. The number of nitrogens with zero attached hydrogens (tertiary/aromatic N) is 3. The lowest BCUT2D eigenvalue weighted by Gasteiger charge is -2.39. The molecule has 0 amide bonds. The van der Waals surface area contributed by atoms with Gasteiger partial charge in [0, 0.05) is 67.9 Å². The molecule has 1 atom stereocenters. The Bertz CT molecular complexity index is 1180. The number of aromatic nitrogens is 2. The van der Waals surface area contributed by atoms with Gasteiger partial charge >= 0.3 is 0 Å². The maximum absolute atomic E-state index is 15.5. The van der Waals surface area contributed by atoms with Gasteiger partial charge < -0.3 is 9.72 Å². The maximum atomic E-state index is 15.5. The Morgan fingerprint density at radius 2 is 1.94 bits per heavy atom. The standard InChI is InChI=1S/C26H30F4N4O/c1-26(2,30)15-34-10-6-18-23-21(5-3-8-31-23)32-24(18)25(34)22-19(28)11-16(12-20(22)29)35-17-13-33(14-17)9-4-7-27/h3,5,8,11-12,17,25,32H,4,6-7,9-10,13-15H2,1-2H3. The van der Waals surface area contributed by atoms with E-state index >= 15 is 8.78 Å². The number of likely N-dealkylation sites (tertiary alicyclic amines) is 1. The molecule has 0 saturated carbocycles. The van der Waals surface area contributed by atoms with Crippen LogP contribution in [-0.2, 0) is 6.42 Å². The zero-order valence-electron chi connectivity index (χ0n) is 20.0. The molecule has 1 unspecified atom stereocenters. The zero-order valence-corrected chi connectivity index (χ0v) is 20.0. The van der Waals surface area contributed by atoms with Crippen LogP contribution in [0, 0.1) is 11.6 Å². The lowest BCUT2D eigenvalue weighted by atomic mass is 9.91. The predicted octanol–water partition coefficient (Wildman–Crippen LogP) is 4.96. The number of halogens is 4. The Balaban J connectivity index is 1.46. The lowest BCUT2D eigenvalue weighted by Crippen LogP contribution is -2.53. The Kier molecular flexibility index (Phi) is 6.48. The highest BCUT2D eigenvalue weighted by atomic mass is 19.1. The summed E-state index contributed by atoms with van der Waals surface area (Å²) in [7, 11) is 0. The van der Waals surface area contributed by atoms with Gasteiger partial charge in [-0.05, 0) is 38.8 Å². The molecule has 9 heteroatoms. The van der Waals surface area contributed by atoms with Gasteiger partial charge in [0.25, 0.3) is 0 Å². The van der Waals surface area contributed by atoms with Crippen molar-refractivity contribution < 1.29 is 22.3 Å². The number of aromatic amines is 1. The smallest absolute Gasteiger partial charge is 0.135 e. The molecule has 5 nitrogen and oxygen atoms in total. The summed E-state index contributed by atoms with van der Waals surface area (Å²) in [5, 5.41) is 0. The molecule has 2 aromatic heterocycles. The number of fused-ring (bicyclic) bond motifs is 3. The Morgan fingerprint density at radius 1 is 1.20 bits per heavy atom. The first-order valence-corrected chi connectivity index (χ1v) is 12.1. The number of rotatable bonds is 8. The molecular weight excluding hydrogens is 460 g/mol. The van der Waals surface area contributed by atoms with Crippen LogP contribution in [0.2, 0.25) is 0 Å². The molecule has 1 fully saturated rings. The minimum Gasteiger partial charge on any atom is -0.488 e. The van der Waals surface area contributed by atoms with Gasteiger partial charge in [-0.1, -0.05) is 0 Å². The van der Waals surface area contributed by atoms with E-state index in [1.807, 2.05) is 11.0 Å². The quantitative estimate of drug-likeness (QED) is 0.454. The average Bonchev–Trinajstić information content (AvgIpc) is 3.13. The molecule has 188 valence electrons. The molecule has 0 aliphatic carbocycles. The Labute approximate surface area is 202 Å². The van der Waals surface area contributed by atoms with E-state index < -0.39 is 23.3 Å². The molecule has 5 rings (SSSR count). The third-order valence-electron chi connectivity index (χ3n) is 6.72. The van der Waals surface area contributed by atoms with Gasteiger partial charge in [-0.2, -0.15) is 0 Å². The first-order chi connectivity index (χ1) is 16.7. The van der Waals surface area contributed by atoms with Crippen molar-refractivity contribution in [2.75, 3.05) is 39.4 Å². The number of alkyl halides is 2. The van der Waals surface area contributed by atoms with Gasteiger partial charge in [0.05, 0.1) is 23.7 Å². The van der Waals surface area contributed by atoms with Crippen molar-refractivity contribution >= 4 is 11.0 Å². The van der Waals surface area contributed by atoms with Gasteiger partial charge in [-0.25, -0.2) is 13.2 Å². The van der Waals surface area contributed by atoms with Crippen LogP contribution >= 0.6 is 0 Å². The molecule has 1 aromatic carbocycles. The normalized spacial score (nSPS) is 19.7. The topological polar surface area (TPSA) is 44.4 Å². The average molecular weight is 491 g/mol. The van der Waals surface area contributed by atoms with Gasteiger partial charge in [0.2, 0.25) is 0 Å². The third-order valence-corrected chi connectivity index (χ3v) is 6.72. The van der Waals surface area contributed by atoms with E-state index in [0.717, 1.165) is 16.6 Å². The first-order valence-electron chi connectivity index (χ1n) is 12.1. The fourth-order valence-corrected chi connectivity index (χ4v) is 5.27. The number of hydrogen-bond donors (Lipinski definition) is 1. The van der Waals surface area contributed by atoms with Crippen LogP contribution in [0.4, 0.5) is 17.6 Å². The van der Waals surface area contributed by atoms with Crippen molar-refractivity contribution in [2.45, 2.75) is 44.5 Å². The highest BCUT2D eigenvalue weighted by molar-refractivity contribution is 5.81. The molecule has 0 spiro atoms. The first kappa shape index (κ1) is 24.1. The van der Waals surface area contributed by atoms with Crippen molar-refractivity contribution in [1.29, 1.82) is 0 Å². The van der Waals surface area contributed by atoms with Crippen LogP contribution in [0.25, 0.3) is 11.0 Å². The second-order valence-corrected chi connectivity index (χ2v) is 10.1. The number of hydrogen-bond acceptors (Lipinski definition) is 4. The minimum absolute atomic E-state index is 0.0216. The van der Waals surface area contributed by atoms with E-state index in [4.69, 9.17) is 4.74 Å². The van der Waals surface area contributed by atoms with E-state index in [2.05, 4.69) is 9.97 Å². The van der Waals surface area contributed by atoms with E-state index in [-0.39, 0.29) is 30.6 Å². The summed E-state index contributed by atoms with van der Waals surface area (Å²) in [6.07, 6.45) is 2.56. The summed E-state index contributed by atoms with van der Waals surface area (Å²) < 4.78 is 63.9. The molecular formula is C26H30F4N4O. The fourth-order valence-electron chi connectivity index (χ4n) is 5.27. The molecule has 1 saturated heterocycles. The Morgan fingerprint density at radius 3 is 2.63 bits per heavy atom. The molecule has 0 radical (unpaired) electrons. The van der Waals surface area contributed by atoms with Crippen LogP contribution in [-0.4, -0.2) is 70.9 Å². The highest BCUT2D eigenvalue weighted by Gasteiger charge is 2.38. The van der Waals surface area contributed by atoms with Crippen LogP contribution < -0.4 is 4.74 Å². The Hall–Kier alpha value is -2.65. The van der Waals surface area contributed by atoms with Gasteiger partial charge in [-0.3, -0.25) is 19.2 Å². The molecule has 35 heavy (non-hydrogen) atoms. The molecule has 3 aromatic rings. The minimum atomic E-state index is -1.55.